The fraction of sp³-hybridized carbons (Fsp3) is 0.500. The first-order chi connectivity index (χ1) is 17.2. The molecule has 0 spiro atoms. The van der Waals surface area contributed by atoms with Crippen LogP contribution in [0.1, 0.15) is 68.7 Å². The Hall–Kier alpha value is -2.83. The van der Waals surface area contributed by atoms with E-state index < -0.39 is 5.41 Å². The van der Waals surface area contributed by atoms with E-state index in [2.05, 4.69) is 6.92 Å². The summed E-state index contributed by atoms with van der Waals surface area (Å²) in [6.07, 6.45) is 4.55. The number of ketones is 2. The van der Waals surface area contributed by atoms with Gasteiger partial charge in [-0.2, -0.15) is 0 Å². The van der Waals surface area contributed by atoms with Crippen LogP contribution in [-0.2, 0) is 33.6 Å². The van der Waals surface area contributed by atoms with Crippen LogP contribution in [-0.4, -0.2) is 58.9 Å². The Labute approximate surface area is 215 Å². The molecule has 36 heavy (non-hydrogen) atoms. The van der Waals surface area contributed by atoms with Crippen molar-refractivity contribution < 1.29 is 24.6 Å². The van der Waals surface area contributed by atoms with Crippen LogP contribution < -0.4 is 0 Å². The highest BCUT2D eigenvalue weighted by Crippen LogP contribution is 2.24. The van der Waals surface area contributed by atoms with Crippen molar-refractivity contribution >= 4 is 17.5 Å². The summed E-state index contributed by atoms with van der Waals surface area (Å²) in [5.41, 5.74) is 3.05. The minimum Gasteiger partial charge on any atom is -0.395 e. The van der Waals surface area contributed by atoms with Crippen LogP contribution in [0.3, 0.4) is 0 Å². The fourth-order valence-electron chi connectivity index (χ4n) is 4.08. The van der Waals surface area contributed by atoms with Gasteiger partial charge in [0.25, 0.3) is 0 Å². The highest BCUT2D eigenvalue weighted by molar-refractivity contribution is 6.06. The van der Waals surface area contributed by atoms with E-state index >= 15 is 0 Å². The topological polar surface area (TPSA) is 94.9 Å². The van der Waals surface area contributed by atoms with Gasteiger partial charge >= 0.3 is 0 Å². The molecule has 0 atom stereocenters. The SMILES string of the molecule is CCCCCC(=O)C(C)(C)C(=O)Cc1ccc(Cc2ccc(CC(=O)N(CCO)CCO)cc2)cc1. The monoisotopic (exact) mass is 495 g/mol. The molecule has 0 saturated heterocycles. The maximum Gasteiger partial charge on any atom is 0.227 e. The normalized spacial score (nSPS) is 11.4. The summed E-state index contributed by atoms with van der Waals surface area (Å²) in [6, 6.07) is 15.8. The molecule has 2 N–H and O–H groups in total. The van der Waals surface area contributed by atoms with Gasteiger partial charge in [-0.3, -0.25) is 14.4 Å². The highest BCUT2D eigenvalue weighted by Gasteiger charge is 2.34. The number of aliphatic hydroxyl groups excluding tert-OH is 2. The van der Waals surface area contributed by atoms with E-state index in [9.17, 15) is 14.4 Å². The lowest BCUT2D eigenvalue weighted by atomic mass is 9.79. The molecular formula is C30H41NO5. The molecule has 0 aliphatic heterocycles. The molecule has 0 bridgehead atoms. The first-order valence-corrected chi connectivity index (χ1v) is 12.9. The summed E-state index contributed by atoms with van der Waals surface area (Å²) < 4.78 is 0. The number of nitrogens with zero attached hydrogens (tertiary/aromatic N) is 1. The van der Waals surface area contributed by atoms with E-state index in [0.29, 0.717) is 6.42 Å². The second-order valence-electron chi connectivity index (χ2n) is 9.92. The molecule has 0 radical (unpaired) electrons. The van der Waals surface area contributed by atoms with E-state index in [4.69, 9.17) is 10.2 Å². The van der Waals surface area contributed by atoms with Crippen LogP contribution in [0.15, 0.2) is 48.5 Å². The van der Waals surface area contributed by atoms with Gasteiger partial charge in [-0.25, -0.2) is 0 Å². The van der Waals surface area contributed by atoms with Crippen LogP contribution in [0.25, 0.3) is 0 Å². The Morgan fingerprint density at radius 3 is 1.67 bits per heavy atom. The number of aliphatic hydroxyl groups is 2. The van der Waals surface area contributed by atoms with Crippen molar-refractivity contribution in [3.63, 3.8) is 0 Å². The Balaban J connectivity index is 1.92. The number of carbonyl (C=O) groups is 3. The van der Waals surface area contributed by atoms with Gasteiger partial charge in [-0.1, -0.05) is 68.3 Å². The Morgan fingerprint density at radius 1 is 0.722 bits per heavy atom. The van der Waals surface area contributed by atoms with Gasteiger partial charge in [-0.05, 0) is 48.9 Å². The van der Waals surface area contributed by atoms with Gasteiger partial charge in [0.2, 0.25) is 5.91 Å². The molecule has 0 saturated carbocycles. The molecule has 0 aromatic heterocycles. The summed E-state index contributed by atoms with van der Waals surface area (Å²) in [4.78, 5) is 39.2. The second kappa shape index (κ2) is 14.7. The maximum absolute atomic E-state index is 12.8. The van der Waals surface area contributed by atoms with Crippen molar-refractivity contribution in [1.82, 2.24) is 4.90 Å². The number of Topliss-reactive ketones (excluding diaryl/α,β-unsaturated/α-hetero) is 2. The first-order valence-electron chi connectivity index (χ1n) is 12.9. The van der Waals surface area contributed by atoms with Crippen LogP contribution in [0, 0.1) is 5.41 Å². The zero-order valence-electron chi connectivity index (χ0n) is 22.0. The summed E-state index contributed by atoms with van der Waals surface area (Å²) >= 11 is 0. The van der Waals surface area contributed by atoms with Crippen molar-refractivity contribution in [2.75, 3.05) is 26.3 Å². The average Bonchev–Trinajstić information content (AvgIpc) is 2.86. The van der Waals surface area contributed by atoms with Crippen molar-refractivity contribution in [3.8, 4) is 0 Å². The first kappa shape index (κ1) is 29.4. The van der Waals surface area contributed by atoms with Crippen LogP contribution in [0.4, 0.5) is 0 Å². The van der Waals surface area contributed by atoms with Crippen molar-refractivity contribution in [2.45, 2.75) is 65.7 Å². The van der Waals surface area contributed by atoms with E-state index in [0.717, 1.165) is 47.9 Å². The maximum atomic E-state index is 12.8. The largest absolute Gasteiger partial charge is 0.395 e. The molecule has 0 unspecified atom stereocenters. The number of benzene rings is 2. The molecule has 2 rings (SSSR count). The second-order valence-corrected chi connectivity index (χ2v) is 9.92. The van der Waals surface area contributed by atoms with Crippen LogP contribution in [0.2, 0.25) is 0 Å². The van der Waals surface area contributed by atoms with E-state index in [1.807, 2.05) is 48.5 Å². The van der Waals surface area contributed by atoms with Gasteiger partial charge in [0.1, 0.15) is 11.6 Å². The predicted molar refractivity (Wildman–Crippen MR) is 142 cm³/mol. The van der Waals surface area contributed by atoms with Gasteiger partial charge < -0.3 is 15.1 Å². The fourth-order valence-corrected chi connectivity index (χ4v) is 4.08. The third-order valence-corrected chi connectivity index (χ3v) is 6.67. The van der Waals surface area contributed by atoms with Gasteiger partial charge in [0, 0.05) is 25.9 Å². The lowest BCUT2D eigenvalue weighted by molar-refractivity contribution is -0.138. The van der Waals surface area contributed by atoms with Crippen LogP contribution in [0.5, 0.6) is 0 Å². The van der Waals surface area contributed by atoms with Gasteiger partial charge in [-0.15, -0.1) is 0 Å². The third kappa shape index (κ3) is 8.99. The Kier molecular flexibility index (Phi) is 12.0. The summed E-state index contributed by atoms with van der Waals surface area (Å²) in [5.74, 6) is -0.141. The molecular weight excluding hydrogens is 454 g/mol. The highest BCUT2D eigenvalue weighted by atomic mass is 16.3. The average molecular weight is 496 g/mol. The van der Waals surface area contributed by atoms with E-state index in [1.165, 1.54) is 4.90 Å². The van der Waals surface area contributed by atoms with E-state index in [1.54, 1.807) is 13.8 Å². The number of carbonyl (C=O) groups excluding carboxylic acids is 3. The van der Waals surface area contributed by atoms with Gasteiger partial charge in [0.15, 0.2) is 0 Å². The molecule has 0 aliphatic rings. The predicted octanol–water partition coefficient (Wildman–Crippen LogP) is 3.92. The third-order valence-electron chi connectivity index (χ3n) is 6.67. The molecule has 1 amide bonds. The summed E-state index contributed by atoms with van der Waals surface area (Å²) in [5, 5.41) is 18.2. The zero-order chi connectivity index (χ0) is 26.6. The molecule has 0 heterocycles. The number of rotatable bonds is 16. The minimum absolute atomic E-state index is 0.0252. The van der Waals surface area contributed by atoms with Gasteiger partial charge in [0.05, 0.1) is 25.0 Å². The smallest absolute Gasteiger partial charge is 0.227 e. The Morgan fingerprint density at radius 2 is 1.19 bits per heavy atom. The number of unbranched alkanes of at least 4 members (excludes halogenated alkanes) is 2. The molecule has 2 aromatic rings. The minimum atomic E-state index is -0.956. The molecule has 6 nitrogen and oxygen atoms in total. The zero-order valence-corrected chi connectivity index (χ0v) is 22.0. The lowest BCUT2D eigenvalue weighted by Gasteiger charge is -2.21. The van der Waals surface area contributed by atoms with Crippen molar-refractivity contribution in [2.24, 2.45) is 5.41 Å². The summed E-state index contributed by atoms with van der Waals surface area (Å²) in [6.45, 7) is 5.74. The van der Waals surface area contributed by atoms with Crippen LogP contribution >= 0.6 is 0 Å². The number of hydrogen-bond acceptors (Lipinski definition) is 5. The molecule has 6 heteroatoms. The number of amides is 1. The van der Waals surface area contributed by atoms with Crippen molar-refractivity contribution in [1.29, 1.82) is 0 Å². The molecule has 196 valence electrons. The lowest BCUT2D eigenvalue weighted by Crippen LogP contribution is -2.36. The standard InChI is InChI=1S/C30H41NO5/c1-4-5-6-7-27(34)30(2,3)28(35)21-25-12-8-23(9-13-25)20-24-10-14-26(15-11-24)22-29(36)31(16-18-32)17-19-33/h8-15,32-33H,4-7,16-22H2,1-3H3. The number of hydrogen-bond donors (Lipinski definition) is 2. The summed E-state index contributed by atoms with van der Waals surface area (Å²) in [7, 11) is 0. The quantitative estimate of drug-likeness (QED) is 0.272. The Bertz CT molecular complexity index is 973. The molecule has 0 aliphatic carbocycles. The molecule has 2 aromatic carbocycles. The van der Waals surface area contributed by atoms with Crippen molar-refractivity contribution in [3.05, 3.63) is 70.8 Å². The molecule has 0 fully saturated rings. The van der Waals surface area contributed by atoms with E-state index in [-0.39, 0.29) is 56.6 Å².